The first-order valence-electron chi connectivity index (χ1n) is 9.29. The van der Waals surface area contributed by atoms with Crippen LogP contribution in [0.3, 0.4) is 0 Å². The molecule has 0 saturated heterocycles. The molecule has 1 saturated carbocycles. The van der Waals surface area contributed by atoms with Gasteiger partial charge in [-0.1, -0.05) is 37.8 Å². The largest absolute Gasteiger partial charge is 0.370 e. The summed E-state index contributed by atoms with van der Waals surface area (Å²) < 4.78 is 12.9. The van der Waals surface area contributed by atoms with Crippen LogP contribution in [0.15, 0.2) is 30.3 Å². The number of anilines is 2. The van der Waals surface area contributed by atoms with Crippen LogP contribution in [-0.4, -0.2) is 22.6 Å². The van der Waals surface area contributed by atoms with Gasteiger partial charge in [0.2, 0.25) is 5.95 Å². The van der Waals surface area contributed by atoms with Gasteiger partial charge >= 0.3 is 0 Å². The molecule has 0 atom stereocenters. The van der Waals surface area contributed by atoms with Gasteiger partial charge in [-0.25, -0.2) is 9.37 Å². The zero-order valence-corrected chi connectivity index (χ0v) is 14.9. The lowest BCUT2D eigenvalue weighted by atomic mass is 10.1. The standard InChI is InChI=1S/C20H27FN4/c1-15-14-19(22-13-12-16-8-10-17(21)11-9-16)25-20(23-15)24-18-6-4-2-3-5-7-18/h8-11,14,18H,2-7,12-13H2,1H3,(H2,22,23,24,25). The summed E-state index contributed by atoms with van der Waals surface area (Å²) in [5.74, 6) is 1.36. The fourth-order valence-electron chi connectivity index (χ4n) is 3.32. The highest BCUT2D eigenvalue weighted by molar-refractivity contribution is 5.42. The van der Waals surface area contributed by atoms with Crippen molar-refractivity contribution in [1.29, 1.82) is 0 Å². The maximum absolute atomic E-state index is 12.9. The van der Waals surface area contributed by atoms with Crippen LogP contribution in [0.1, 0.15) is 49.8 Å². The zero-order chi connectivity index (χ0) is 17.5. The van der Waals surface area contributed by atoms with Crippen molar-refractivity contribution < 1.29 is 4.39 Å². The van der Waals surface area contributed by atoms with Crippen molar-refractivity contribution in [3.63, 3.8) is 0 Å². The lowest BCUT2D eigenvalue weighted by molar-refractivity contribution is 0.614. The molecule has 5 heteroatoms. The Morgan fingerprint density at radius 2 is 1.76 bits per heavy atom. The van der Waals surface area contributed by atoms with Crippen molar-refractivity contribution in [2.45, 2.75) is 57.9 Å². The molecule has 1 fully saturated rings. The van der Waals surface area contributed by atoms with E-state index in [4.69, 9.17) is 0 Å². The molecule has 1 aliphatic rings. The van der Waals surface area contributed by atoms with Crippen molar-refractivity contribution in [1.82, 2.24) is 9.97 Å². The summed E-state index contributed by atoms with van der Waals surface area (Å²) >= 11 is 0. The number of nitrogens with one attached hydrogen (secondary N) is 2. The van der Waals surface area contributed by atoms with E-state index >= 15 is 0 Å². The second kappa shape index (κ2) is 8.79. The lowest BCUT2D eigenvalue weighted by Gasteiger charge is -2.17. The second-order valence-corrected chi connectivity index (χ2v) is 6.85. The van der Waals surface area contributed by atoms with Crippen LogP contribution in [0.25, 0.3) is 0 Å². The minimum Gasteiger partial charge on any atom is -0.370 e. The molecule has 1 heterocycles. The van der Waals surface area contributed by atoms with Gasteiger partial charge in [-0.3, -0.25) is 0 Å². The van der Waals surface area contributed by atoms with Gasteiger partial charge in [-0.15, -0.1) is 0 Å². The van der Waals surface area contributed by atoms with Gasteiger partial charge in [-0.05, 0) is 43.9 Å². The van der Waals surface area contributed by atoms with Crippen molar-refractivity contribution in [3.8, 4) is 0 Å². The summed E-state index contributed by atoms with van der Waals surface area (Å²) in [5.41, 5.74) is 2.06. The summed E-state index contributed by atoms with van der Waals surface area (Å²) in [6.45, 7) is 2.75. The average Bonchev–Trinajstić information content (AvgIpc) is 2.85. The van der Waals surface area contributed by atoms with E-state index in [0.29, 0.717) is 6.04 Å². The Morgan fingerprint density at radius 3 is 2.48 bits per heavy atom. The third kappa shape index (κ3) is 5.69. The van der Waals surface area contributed by atoms with E-state index in [1.807, 2.05) is 25.1 Å². The van der Waals surface area contributed by atoms with Crippen molar-refractivity contribution in [2.75, 3.05) is 17.2 Å². The van der Waals surface area contributed by atoms with Gasteiger partial charge in [0.25, 0.3) is 0 Å². The van der Waals surface area contributed by atoms with Gasteiger partial charge in [0.1, 0.15) is 11.6 Å². The third-order valence-corrected chi connectivity index (χ3v) is 4.68. The van der Waals surface area contributed by atoms with Gasteiger partial charge in [0.05, 0.1) is 0 Å². The highest BCUT2D eigenvalue weighted by Crippen LogP contribution is 2.20. The molecule has 2 N–H and O–H groups in total. The molecular weight excluding hydrogens is 315 g/mol. The van der Waals surface area contributed by atoms with E-state index in [-0.39, 0.29) is 5.82 Å². The summed E-state index contributed by atoms with van der Waals surface area (Å²) in [7, 11) is 0. The monoisotopic (exact) mass is 342 g/mol. The third-order valence-electron chi connectivity index (χ3n) is 4.68. The molecule has 1 aromatic heterocycles. The van der Waals surface area contributed by atoms with Crippen molar-refractivity contribution >= 4 is 11.8 Å². The number of hydrogen-bond donors (Lipinski definition) is 2. The fourth-order valence-corrected chi connectivity index (χ4v) is 3.32. The molecule has 0 bridgehead atoms. The molecule has 0 unspecified atom stereocenters. The molecule has 0 aliphatic heterocycles. The molecular formula is C20H27FN4. The molecule has 1 aliphatic carbocycles. The van der Waals surface area contributed by atoms with Crippen molar-refractivity contribution in [3.05, 3.63) is 47.4 Å². The summed E-state index contributed by atoms with van der Waals surface area (Å²) in [4.78, 5) is 9.14. The SMILES string of the molecule is Cc1cc(NCCc2ccc(F)cc2)nc(NC2CCCCCC2)n1. The Labute approximate surface area is 149 Å². The van der Waals surface area contributed by atoms with Gasteiger partial charge in [0, 0.05) is 24.3 Å². The Balaban J connectivity index is 1.56. The highest BCUT2D eigenvalue weighted by atomic mass is 19.1. The molecule has 1 aromatic carbocycles. The Hall–Kier alpha value is -2.17. The van der Waals surface area contributed by atoms with E-state index in [9.17, 15) is 4.39 Å². The molecule has 134 valence electrons. The van der Waals surface area contributed by atoms with E-state index in [1.54, 1.807) is 0 Å². The van der Waals surface area contributed by atoms with Crippen LogP contribution in [0.2, 0.25) is 0 Å². The van der Waals surface area contributed by atoms with Gasteiger partial charge < -0.3 is 10.6 Å². The lowest BCUT2D eigenvalue weighted by Crippen LogP contribution is -2.20. The quantitative estimate of drug-likeness (QED) is 0.746. The summed E-state index contributed by atoms with van der Waals surface area (Å²) in [6, 6.07) is 9.08. The van der Waals surface area contributed by atoms with E-state index < -0.39 is 0 Å². The Bertz CT molecular complexity index is 664. The fraction of sp³-hybridized carbons (Fsp3) is 0.500. The summed E-state index contributed by atoms with van der Waals surface area (Å²) in [6.07, 6.45) is 8.47. The Morgan fingerprint density at radius 1 is 1.04 bits per heavy atom. The van der Waals surface area contributed by atoms with Crippen LogP contribution in [-0.2, 0) is 6.42 Å². The molecule has 25 heavy (non-hydrogen) atoms. The van der Waals surface area contributed by atoms with Crippen LogP contribution < -0.4 is 10.6 Å². The summed E-state index contributed by atoms with van der Waals surface area (Å²) in [5, 5.41) is 6.87. The number of benzene rings is 1. The van der Waals surface area contributed by atoms with E-state index in [2.05, 4.69) is 20.6 Å². The van der Waals surface area contributed by atoms with Crippen LogP contribution in [0, 0.1) is 12.7 Å². The molecule has 0 amide bonds. The van der Waals surface area contributed by atoms with Crippen molar-refractivity contribution in [2.24, 2.45) is 0 Å². The normalized spacial score (nSPS) is 15.6. The van der Waals surface area contributed by atoms with Crippen LogP contribution >= 0.6 is 0 Å². The smallest absolute Gasteiger partial charge is 0.225 e. The molecule has 3 rings (SSSR count). The topological polar surface area (TPSA) is 49.8 Å². The minimum atomic E-state index is -0.197. The number of hydrogen-bond acceptors (Lipinski definition) is 4. The number of nitrogens with zero attached hydrogens (tertiary/aromatic N) is 2. The average molecular weight is 342 g/mol. The minimum absolute atomic E-state index is 0.197. The maximum atomic E-state index is 12.9. The molecule has 0 spiro atoms. The van der Waals surface area contributed by atoms with E-state index in [0.717, 1.165) is 36.0 Å². The number of aromatic nitrogens is 2. The first kappa shape index (κ1) is 17.6. The van der Waals surface area contributed by atoms with Crippen LogP contribution in [0.5, 0.6) is 0 Å². The number of halogens is 1. The Kier molecular flexibility index (Phi) is 6.20. The van der Waals surface area contributed by atoms with Gasteiger partial charge in [-0.2, -0.15) is 4.98 Å². The highest BCUT2D eigenvalue weighted by Gasteiger charge is 2.13. The number of aryl methyl sites for hydroxylation is 1. The maximum Gasteiger partial charge on any atom is 0.225 e. The predicted octanol–water partition coefficient (Wildman–Crippen LogP) is 4.71. The number of rotatable bonds is 6. The first-order valence-corrected chi connectivity index (χ1v) is 9.29. The first-order chi connectivity index (χ1) is 12.2. The predicted molar refractivity (Wildman–Crippen MR) is 100 cm³/mol. The zero-order valence-electron chi connectivity index (χ0n) is 14.9. The van der Waals surface area contributed by atoms with Crippen LogP contribution in [0.4, 0.5) is 16.2 Å². The molecule has 4 nitrogen and oxygen atoms in total. The molecule has 0 radical (unpaired) electrons. The van der Waals surface area contributed by atoms with Gasteiger partial charge in [0.15, 0.2) is 0 Å². The second-order valence-electron chi connectivity index (χ2n) is 6.85. The molecule has 2 aromatic rings. The van der Waals surface area contributed by atoms with E-state index in [1.165, 1.54) is 50.7 Å².